The summed E-state index contributed by atoms with van der Waals surface area (Å²) < 4.78 is 0. The summed E-state index contributed by atoms with van der Waals surface area (Å²) in [4.78, 5) is 12.0. The molecular weight excluding hydrogens is 236 g/mol. The highest BCUT2D eigenvalue weighted by Gasteiger charge is 2.18. The zero-order valence-corrected chi connectivity index (χ0v) is 12.8. The van der Waals surface area contributed by atoms with Gasteiger partial charge in [-0.2, -0.15) is 0 Å². The van der Waals surface area contributed by atoms with Crippen LogP contribution in [-0.4, -0.2) is 18.5 Å². The van der Waals surface area contributed by atoms with E-state index in [4.69, 9.17) is 5.73 Å². The van der Waals surface area contributed by atoms with Gasteiger partial charge in [0.05, 0.1) is 0 Å². The Morgan fingerprint density at radius 3 is 2.74 bits per heavy atom. The average molecular weight is 268 g/mol. The monoisotopic (exact) mass is 268 g/mol. The normalized spacial score (nSPS) is 25.6. The van der Waals surface area contributed by atoms with Crippen molar-refractivity contribution in [2.45, 2.75) is 77.7 Å². The van der Waals surface area contributed by atoms with Crippen molar-refractivity contribution in [3.05, 3.63) is 0 Å². The van der Waals surface area contributed by atoms with E-state index in [1.807, 2.05) is 0 Å². The molecule has 0 aromatic carbocycles. The molecule has 3 N–H and O–H groups in total. The molecule has 1 rings (SSSR count). The fraction of sp³-hybridized carbons (Fsp3) is 0.938. The zero-order valence-electron chi connectivity index (χ0n) is 12.8. The Morgan fingerprint density at radius 1 is 1.26 bits per heavy atom. The van der Waals surface area contributed by atoms with Crippen molar-refractivity contribution in [2.24, 2.45) is 17.6 Å². The van der Waals surface area contributed by atoms with Crippen LogP contribution in [0.3, 0.4) is 0 Å². The summed E-state index contributed by atoms with van der Waals surface area (Å²) in [6, 6.07) is 0.423. The number of amides is 1. The molecule has 1 saturated carbocycles. The van der Waals surface area contributed by atoms with Gasteiger partial charge in [0.25, 0.3) is 0 Å². The van der Waals surface area contributed by atoms with Crippen LogP contribution < -0.4 is 11.1 Å². The van der Waals surface area contributed by atoms with Gasteiger partial charge in [-0.25, -0.2) is 0 Å². The van der Waals surface area contributed by atoms with E-state index < -0.39 is 0 Å². The number of rotatable bonds is 7. The molecule has 19 heavy (non-hydrogen) atoms. The molecule has 112 valence electrons. The fourth-order valence-electron chi connectivity index (χ4n) is 3.05. The van der Waals surface area contributed by atoms with Gasteiger partial charge in [-0.1, -0.05) is 33.1 Å². The minimum Gasteiger partial charge on any atom is -0.353 e. The molecule has 1 aliphatic carbocycles. The van der Waals surface area contributed by atoms with Crippen LogP contribution in [-0.2, 0) is 4.79 Å². The van der Waals surface area contributed by atoms with E-state index in [1.54, 1.807) is 0 Å². The second-order valence-electron chi connectivity index (χ2n) is 6.27. The van der Waals surface area contributed by atoms with Crippen molar-refractivity contribution < 1.29 is 4.79 Å². The molecule has 0 heterocycles. The van der Waals surface area contributed by atoms with E-state index in [1.165, 1.54) is 19.3 Å². The molecule has 1 amide bonds. The molecule has 3 heteroatoms. The maximum absolute atomic E-state index is 12.0. The van der Waals surface area contributed by atoms with E-state index in [9.17, 15) is 4.79 Å². The van der Waals surface area contributed by atoms with Crippen molar-refractivity contribution in [3.8, 4) is 0 Å². The molecule has 0 saturated heterocycles. The Labute approximate surface area is 118 Å². The highest BCUT2D eigenvalue weighted by Crippen LogP contribution is 2.23. The summed E-state index contributed by atoms with van der Waals surface area (Å²) in [5.41, 5.74) is 5.59. The highest BCUT2D eigenvalue weighted by molar-refractivity contribution is 5.76. The zero-order chi connectivity index (χ0) is 14.1. The topological polar surface area (TPSA) is 55.1 Å². The van der Waals surface area contributed by atoms with Gasteiger partial charge in [0.1, 0.15) is 0 Å². The molecule has 0 aliphatic heterocycles. The maximum atomic E-state index is 12.0. The van der Waals surface area contributed by atoms with Gasteiger partial charge >= 0.3 is 0 Å². The first-order valence-electron chi connectivity index (χ1n) is 8.15. The molecule has 0 aromatic heterocycles. The first-order chi connectivity index (χ1) is 9.15. The van der Waals surface area contributed by atoms with Gasteiger partial charge in [-0.05, 0) is 50.5 Å². The Bertz CT molecular complexity index is 255. The maximum Gasteiger partial charge on any atom is 0.220 e. The van der Waals surface area contributed by atoms with Crippen LogP contribution in [0.2, 0.25) is 0 Å². The standard InChI is InChI=1S/C16H32N2O/c1-3-14(11-12-17)8-10-16(19)18-15-6-4-5-13(2)7-9-15/h13-15H,3-12,17H2,1-2H3,(H,18,19). The van der Waals surface area contributed by atoms with Crippen LogP contribution in [0, 0.1) is 11.8 Å². The molecule has 3 nitrogen and oxygen atoms in total. The predicted octanol–water partition coefficient (Wildman–Crippen LogP) is 3.23. The largest absolute Gasteiger partial charge is 0.353 e. The average Bonchev–Trinajstić information content (AvgIpc) is 2.59. The molecule has 1 aliphatic rings. The number of nitrogens with two attached hydrogens (primary N) is 1. The lowest BCUT2D eigenvalue weighted by atomic mass is 9.96. The van der Waals surface area contributed by atoms with Crippen LogP contribution in [0.5, 0.6) is 0 Å². The van der Waals surface area contributed by atoms with Crippen molar-refractivity contribution in [1.29, 1.82) is 0 Å². The molecule has 0 bridgehead atoms. The lowest BCUT2D eigenvalue weighted by molar-refractivity contribution is -0.122. The van der Waals surface area contributed by atoms with Crippen molar-refractivity contribution in [1.82, 2.24) is 5.32 Å². The molecule has 0 aromatic rings. The number of nitrogens with one attached hydrogen (secondary N) is 1. The first-order valence-corrected chi connectivity index (χ1v) is 8.15. The smallest absolute Gasteiger partial charge is 0.220 e. The third kappa shape index (κ3) is 6.95. The quantitative estimate of drug-likeness (QED) is 0.697. The van der Waals surface area contributed by atoms with Crippen LogP contribution >= 0.6 is 0 Å². The number of carbonyl (C=O) groups excluding carboxylic acids is 1. The van der Waals surface area contributed by atoms with Crippen molar-refractivity contribution in [2.75, 3.05) is 6.54 Å². The van der Waals surface area contributed by atoms with Gasteiger partial charge in [0, 0.05) is 12.5 Å². The van der Waals surface area contributed by atoms with Crippen molar-refractivity contribution in [3.63, 3.8) is 0 Å². The van der Waals surface area contributed by atoms with Crippen LogP contribution in [0.1, 0.15) is 71.6 Å². The van der Waals surface area contributed by atoms with Crippen LogP contribution in [0.15, 0.2) is 0 Å². The SMILES string of the molecule is CCC(CCN)CCC(=O)NC1CCCC(C)CC1. The second-order valence-corrected chi connectivity index (χ2v) is 6.27. The first kappa shape index (κ1) is 16.5. The van der Waals surface area contributed by atoms with Gasteiger partial charge in [-0.15, -0.1) is 0 Å². The lowest BCUT2D eigenvalue weighted by Crippen LogP contribution is -2.34. The Morgan fingerprint density at radius 2 is 2.05 bits per heavy atom. The van der Waals surface area contributed by atoms with Gasteiger partial charge in [0.15, 0.2) is 0 Å². The second kappa shape index (κ2) is 9.35. The molecule has 0 radical (unpaired) electrons. The van der Waals surface area contributed by atoms with E-state index in [0.717, 1.165) is 44.6 Å². The summed E-state index contributed by atoms with van der Waals surface area (Å²) in [6.07, 6.45) is 10.00. The number of hydrogen-bond acceptors (Lipinski definition) is 2. The minimum atomic E-state index is 0.245. The molecular formula is C16H32N2O. The summed E-state index contributed by atoms with van der Waals surface area (Å²) >= 11 is 0. The molecule has 1 fully saturated rings. The van der Waals surface area contributed by atoms with Gasteiger partial charge < -0.3 is 11.1 Å². The predicted molar refractivity (Wildman–Crippen MR) is 80.9 cm³/mol. The summed E-state index contributed by atoms with van der Waals surface area (Å²) in [5.74, 6) is 1.69. The Balaban J connectivity index is 2.22. The van der Waals surface area contributed by atoms with E-state index in [-0.39, 0.29) is 5.91 Å². The van der Waals surface area contributed by atoms with E-state index in [2.05, 4.69) is 19.2 Å². The summed E-state index contributed by atoms with van der Waals surface area (Å²) in [5, 5.41) is 3.23. The van der Waals surface area contributed by atoms with Crippen LogP contribution in [0.25, 0.3) is 0 Å². The number of carbonyl (C=O) groups is 1. The van der Waals surface area contributed by atoms with Gasteiger partial charge in [0.2, 0.25) is 5.91 Å². The Hall–Kier alpha value is -0.570. The fourth-order valence-corrected chi connectivity index (χ4v) is 3.05. The lowest BCUT2D eigenvalue weighted by Gasteiger charge is -2.18. The van der Waals surface area contributed by atoms with Gasteiger partial charge in [-0.3, -0.25) is 4.79 Å². The Kier molecular flexibility index (Phi) is 8.11. The molecule has 3 atom stereocenters. The molecule has 0 spiro atoms. The summed E-state index contributed by atoms with van der Waals surface area (Å²) in [7, 11) is 0. The summed E-state index contributed by atoms with van der Waals surface area (Å²) in [6.45, 7) is 5.24. The van der Waals surface area contributed by atoms with E-state index in [0.29, 0.717) is 18.4 Å². The third-order valence-electron chi connectivity index (χ3n) is 4.55. The minimum absolute atomic E-state index is 0.245. The molecule has 3 unspecified atom stereocenters. The van der Waals surface area contributed by atoms with Crippen LogP contribution in [0.4, 0.5) is 0 Å². The van der Waals surface area contributed by atoms with E-state index >= 15 is 0 Å². The highest BCUT2D eigenvalue weighted by atomic mass is 16.1. The van der Waals surface area contributed by atoms with Crippen molar-refractivity contribution >= 4 is 5.91 Å². The number of hydrogen-bond donors (Lipinski definition) is 2. The third-order valence-corrected chi connectivity index (χ3v) is 4.55.